The molecule has 0 spiro atoms. The molecule has 1 aliphatic rings. The summed E-state index contributed by atoms with van der Waals surface area (Å²) in [5.74, 6) is 0.155. The summed E-state index contributed by atoms with van der Waals surface area (Å²) in [6.45, 7) is 5.25. The number of aryl methyl sites for hydroxylation is 1. The first kappa shape index (κ1) is 16.0. The van der Waals surface area contributed by atoms with Crippen molar-refractivity contribution in [3.63, 3.8) is 0 Å². The van der Waals surface area contributed by atoms with Crippen LogP contribution in [-0.2, 0) is 11.2 Å². The van der Waals surface area contributed by atoms with E-state index in [1.54, 1.807) is 7.11 Å². The molecule has 0 aliphatic carbocycles. The number of nitrogens with zero attached hydrogens (tertiary/aromatic N) is 1. The number of carbonyl (C=O) groups excluding carboxylic acids is 1. The van der Waals surface area contributed by atoms with E-state index in [0.29, 0.717) is 13.2 Å². The van der Waals surface area contributed by atoms with Gasteiger partial charge in [0, 0.05) is 31.8 Å². The molecular formula is C17H26N2O2. The second kappa shape index (κ2) is 8.15. The van der Waals surface area contributed by atoms with Crippen LogP contribution in [-0.4, -0.2) is 50.2 Å². The molecule has 0 fully saturated rings. The number of rotatable bonds is 7. The maximum atomic E-state index is 12.7. The largest absolute Gasteiger partial charge is 0.383 e. The molecule has 1 aliphatic heterocycles. The molecule has 0 bridgehead atoms. The normalized spacial score (nSPS) is 16.5. The molecule has 0 saturated carbocycles. The minimum absolute atomic E-state index is 0.155. The molecule has 1 N–H and O–H groups in total. The summed E-state index contributed by atoms with van der Waals surface area (Å²) < 4.78 is 5.28. The fourth-order valence-corrected chi connectivity index (χ4v) is 2.85. The van der Waals surface area contributed by atoms with Crippen LogP contribution in [0.1, 0.15) is 35.7 Å². The van der Waals surface area contributed by atoms with Crippen molar-refractivity contribution in [1.82, 2.24) is 10.2 Å². The molecule has 1 unspecified atom stereocenters. The number of methoxy groups -OCH3 is 1. The van der Waals surface area contributed by atoms with Crippen LogP contribution in [0.5, 0.6) is 0 Å². The second-order valence-electron chi connectivity index (χ2n) is 5.62. The third kappa shape index (κ3) is 4.29. The maximum Gasteiger partial charge on any atom is 0.254 e. The topological polar surface area (TPSA) is 41.6 Å². The van der Waals surface area contributed by atoms with Gasteiger partial charge in [0.1, 0.15) is 0 Å². The smallest absolute Gasteiger partial charge is 0.254 e. The quantitative estimate of drug-likeness (QED) is 0.836. The highest BCUT2D eigenvalue weighted by Crippen LogP contribution is 2.18. The van der Waals surface area contributed by atoms with Gasteiger partial charge >= 0.3 is 0 Å². The van der Waals surface area contributed by atoms with Crippen LogP contribution in [0, 0.1) is 0 Å². The Bertz CT molecular complexity index is 462. The standard InChI is InChI=1S/C17H26N2O2/c1-3-10-18-15(13-21-2)12-19-11-6-8-14-7-4-5-9-16(14)17(19)20/h4-5,7,9,15,18H,3,6,8,10-13H2,1-2H3. The van der Waals surface area contributed by atoms with E-state index in [2.05, 4.69) is 18.3 Å². The van der Waals surface area contributed by atoms with E-state index in [0.717, 1.165) is 37.9 Å². The number of carbonyl (C=O) groups is 1. The van der Waals surface area contributed by atoms with Crippen molar-refractivity contribution in [1.29, 1.82) is 0 Å². The number of hydrogen-bond acceptors (Lipinski definition) is 3. The van der Waals surface area contributed by atoms with Gasteiger partial charge in [0.05, 0.1) is 6.61 Å². The maximum absolute atomic E-state index is 12.7. The van der Waals surface area contributed by atoms with Gasteiger partial charge in [0.25, 0.3) is 5.91 Å². The zero-order chi connectivity index (χ0) is 15.1. The molecule has 1 atom stereocenters. The molecule has 1 heterocycles. The van der Waals surface area contributed by atoms with E-state index in [4.69, 9.17) is 4.74 Å². The van der Waals surface area contributed by atoms with Gasteiger partial charge in [0.2, 0.25) is 0 Å². The summed E-state index contributed by atoms with van der Waals surface area (Å²) in [5, 5.41) is 3.46. The Labute approximate surface area is 127 Å². The van der Waals surface area contributed by atoms with Crippen molar-refractivity contribution in [2.45, 2.75) is 32.2 Å². The van der Waals surface area contributed by atoms with E-state index in [-0.39, 0.29) is 11.9 Å². The number of nitrogens with one attached hydrogen (secondary N) is 1. The number of ether oxygens (including phenoxy) is 1. The highest BCUT2D eigenvalue weighted by atomic mass is 16.5. The van der Waals surface area contributed by atoms with Crippen molar-refractivity contribution in [3.8, 4) is 0 Å². The minimum Gasteiger partial charge on any atom is -0.383 e. The van der Waals surface area contributed by atoms with Crippen molar-refractivity contribution < 1.29 is 9.53 Å². The lowest BCUT2D eigenvalue weighted by Crippen LogP contribution is -2.46. The summed E-state index contributed by atoms with van der Waals surface area (Å²) in [6.07, 6.45) is 3.09. The molecule has 4 nitrogen and oxygen atoms in total. The van der Waals surface area contributed by atoms with Crippen molar-refractivity contribution in [2.24, 2.45) is 0 Å². The van der Waals surface area contributed by atoms with Crippen LogP contribution < -0.4 is 5.32 Å². The van der Waals surface area contributed by atoms with Gasteiger partial charge in [-0.25, -0.2) is 0 Å². The Kier molecular flexibility index (Phi) is 6.21. The van der Waals surface area contributed by atoms with E-state index in [9.17, 15) is 4.79 Å². The van der Waals surface area contributed by atoms with Crippen molar-refractivity contribution >= 4 is 5.91 Å². The van der Waals surface area contributed by atoms with Gasteiger partial charge in [-0.05, 0) is 37.4 Å². The highest BCUT2D eigenvalue weighted by molar-refractivity contribution is 5.96. The summed E-state index contributed by atoms with van der Waals surface area (Å²) in [5.41, 5.74) is 2.04. The first-order chi connectivity index (χ1) is 10.3. The molecule has 1 aromatic carbocycles. The first-order valence-corrected chi connectivity index (χ1v) is 7.85. The minimum atomic E-state index is 0.155. The fourth-order valence-electron chi connectivity index (χ4n) is 2.85. The molecule has 0 saturated heterocycles. The monoisotopic (exact) mass is 290 g/mol. The predicted molar refractivity (Wildman–Crippen MR) is 84.6 cm³/mol. The average molecular weight is 290 g/mol. The lowest BCUT2D eigenvalue weighted by molar-refractivity contribution is 0.0708. The fraction of sp³-hybridized carbons (Fsp3) is 0.588. The zero-order valence-corrected chi connectivity index (χ0v) is 13.1. The molecule has 4 heteroatoms. The molecule has 116 valence electrons. The molecule has 21 heavy (non-hydrogen) atoms. The number of amides is 1. The first-order valence-electron chi connectivity index (χ1n) is 7.85. The van der Waals surface area contributed by atoms with Crippen LogP contribution in [0.4, 0.5) is 0 Å². The molecule has 1 amide bonds. The van der Waals surface area contributed by atoms with Gasteiger partial charge in [-0.1, -0.05) is 25.1 Å². The van der Waals surface area contributed by atoms with E-state index in [1.807, 2.05) is 23.1 Å². The number of hydrogen-bond donors (Lipinski definition) is 1. The number of fused-ring (bicyclic) bond motifs is 1. The predicted octanol–water partition coefficient (Wildman–Crippen LogP) is 2.09. The van der Waals surface area contributed by atoms with Gasteiger partial charge in [-0.2, -0.15) is 0 Å². The lowest BCUT2D eigenvalue weighted by Gasteiger charge is -2.27. The molecule has 0 aromatic heterocycles. The van der Waals surface area contributed by atoms with Crippen LogP contribution in [0.2, 0.25) is 0 Å². The molecule has 2 rings (SSSR count). The zero-order valence-electron chi connectivity index (χ0n) is 13.1. The van der Waals surface area contributed by atoms with E-state index < -0.39 is 0 Å². The SMILES string of the molecule is CCCNC(COC)CN1CCCc2ccccc2C1=O. The van der Waals surface area contributed by atoms with Crippen molar-refractivity contribution in [2.75, 3.05) is 33.4 Å². The third-order valence-electron chi connectivity index (χ3n) is 3.90. The van der Waals surface area contributed by atoms with Crippen LogP contribution in [0.3, 0.4) is 0 Å². The second-order valence-corrected chi connectivity index (χ2v) is 5.62. The Morgan fingerprint density at radius 2 is 2.19 bits per heavy atom. The Morgan fingerprint density at radius 1 is 1.38 bits per heavy atom. The van der Waals surface area contributed by atoms with Crippen LogP contribution in [0.25, 0.3) is 0 Å². The van der Waals surface area contributed by atoms with Gasteiger partial charge in [0.15, 0.2) is 0 Å². The Hall–Kier alpha value is -1.39. The Balaban J connectivity index is 2.06. The summed E-state index contributed by atoms with van der Waals surface area (Å²) in [6, 6.07) is 8.17. The molecule has 0 radical (unpaired) electrons. The average Bonchev–Trinajstić information content (AvgIpc) is 2.65. The Morgan fingerprint density at radius 3 is 2.95 bits per heavy atom. The number of benzene rings is 1. The molecular weight excluding hydrogens is 264 g/mol. The van der Waals surface area contributed by atoms with Crippen LogP contribution in [0.15, 0.2) is 24.3 Å². The van der Waals surface area contributed by atoms with Gasteiger partial charge in [-0.3, -0.25) is 4.79 Å². The van der Waals surface area contributed by atoms with E-state index in [1.165, 1.54) is 5.56 Å². The van der Waals surface area contributed by atoms with E-state index >= 15 is 0 Å². The third-order valence-corrected chi connectivity index (χ3v) is 3.90. The summed E-state index contributed by atoms with van der Waals surface area (Å²) in [4.78, 5) is 14.7. The van der Waals surface area contributed by atoms with Crippen LogP contribution >= 0.6 is 0 Å². The summed E-state index contributed by atoms with van der Waals surface area (Å²) in [7, 11) is 1.71. The van der Waals surface area contributed by atoms with Crippen molar-refractivity contribution in [3.05, 3.63) is 35.4 Å². The van der Waals surface area contributed by atoms with Gasteiger partial charge < -0.3 is 15.0 Å². The highest BCUT2D eigenvalue weighted by Gasteiger charge is 2.24. The van der Waals surface area contributed by atoms with Gasteiger partial charge in [-0.15, -0.1) is 0 Å². The lowest BCUT2D eigenvalue weighted by atomic mass is 10.0. The molecule has 1 aromatic rings. The summed E-state index contributed by atoms with van der Waals surface area (Å²) >= 11 is 0.